The van der Waals surface area contributed by atoms with Crippen molar-refractivity contribution in [3.05, 3.63) is 28.5 Å². The summed E-state index contributed by atoms with van der Waals surface area (Å²) in [6.45, 7) is 2.96. The number of carboxylic acids is 1. The Morgan fingerprint density at radius 2 is 2.19 bits per heavy atom. The number of aliphatic carboxylic acids is 1. The lowest BCUT2D eigenvalue weighted by molar-refractivity contribution is -0.148. The first kappa shape index (κ1) is 13.0. The van der Waals surface area contributed by atoms with E-state index >= 15 is 0 Å². The Balaban J connectivity index is 2.72. The Kier molecular flexibility index (Phi) is 3.91. The summed E-state index contributed by atoms with van der Waals surface area (Å²) in [6.07, 6.45) is 0. The van der Waals surface area contributed by atoms with Crippen molar-refractivity contribution in [3.8, 4) is 5.75 Å². The molecule has 1 rings (SSSR count). The van der Waals surface area contributed by atoms with Crippen LogP contribution in [0.25, 0.3) is 0 Å². The monoisotopic (exact) mass is 290 g/mol. The van der Waals surface area contributed by atoms with Gasteiger partial charge in [-0.05, 0) is 32.0 Å². The Morgan fingerprint density at radius 3 is 2.69 bits per heavy atom. The molecule has 0 aromatic heterocycles. The summed E-state index contributed by atoms with van der Waals surface area (Å²) < 4.78 is 19.1. The van der Waals surface area contributed by atoms with E-state index in [0.717, 1.165) is 0 Å². The van der Waals surface area contributed by atoms with Gasteiger partial charge in [0.2, 0.25) is 0 Å². The van der Waals surface area contributed by atoms with Crippen LogP contribution < -0.4 is 4.74 Å². The molecular formula is C11H12BrFO3. The number of halogens is 2. The number of hydrogen-bond donors (Lipinski definition) is 1. The molecule has 88 valence electrons. The molecular weight excluding hydrogens is 279 g/mol. The fraction of sp³-hybridized carbons (Fsp3) is 0.364. The van der Waals surface area contributed by atoms with Crippen molar-refractivity contribution < 1.29 is 19.0 Å². The van der Waals surface area contributed by atoms with Gasteiger partial charge in [-0.15, -0.1) is 0 Å². The molecule has 0 spiro atoms. The first-order chi connectivity index (χ1) is 7.33. The minimum Gasteiger partial charge on any atom is -0.489 e. The van der Waals surface area contributed by atoms with Gasteiger partial charge in [-0.1, -0.05) is 15.9 Å². The van der Waals surface area contributed by atoms with E-state index in [-0.39, 0.29) is 12.4 Å². The van der Waals surface area contributed by atoms with Crippen LogP contribution in [-0.2, 0) is 4.79 Å². The second-order valence-corrected chi connectivity index (χ2v) is 4.97. The second kappa shape index (κ2) is 4.82. The van der Waals surface area contributed by atoms with Crippen molar-refractivity contribution in [2.45, 2.75) is 13.8 Å². The molecule has 16 heavy (non-hydrogen) atoms. The minimum absolute atomic E-state index is 0.0533. The Labute approximate surface area is 101 Å². The molecule has 0 unspecified atom stereocenters. The van der Waals surface area contributed by atoms with Gasteiger partial charge in [0.25, 0.3) is 0 Å². The van der Waals surface area contributed by atoms with Crippen molar-refractivity contribution >= 4 is 21.9 Å². The summed E-state index contributed by atoms with van der Waals surface area (Å²) >= 11 is 3.12. The highest BCUT2D eigenvalue weighted by Crippen LogP contribution is 2.24. The molecule has 5 heteroatoms. The molecule has 0 fully saturated rings. The van der Waals surface area contributed by atoms with Crippen LogP contribution in [0.3, 0.4) is 0 Å². The third-order valence-corrected chi connectivity index (χ3v) is 2.55. The van der Waals surface area contributed by atoms with Crippen LogP contribution in [0.1, 0.15) is 13.8 Å². The molecule has 0 aliphatic carbocycles. The highest BCUT2D eigenvalue weighted by molar-refractivity contribution is 9.10. The zero-order valence-corrected chi connectivity index (χ0v) is 10.5. The average Bonchev–Trinajstić information content (AvgIpc) is 2.16. The number of carbonyl (C=O) groups is 1. The third kappa shape index (κ3) is 3.20. The van der Waals surface area contributed by atoms with Gasteiger partial charge >= 0.3 is 5.97 Å². The number of ether oxygens (including phenoxy) is 1. The van der Waals surface area contributed by atoms with E-state index in [4.69, 9.17) is 9.84 Å². The molecule has 0 saturated carbocycles. The van der Waals surface area contributed by atoms with Crippen molar-refractivity contribution in [3.63, 3.8) is 0 Å². The maximum Gasteiger partial charge on any atom is 0.312 e. The van der Waals surface area contributed by atoms with Gasteiger partial charge in [0.1, 0.15) is 6.61 Å². The first-order valence-electron chi connectivity index (χ1n) is 4.64. The van der Waals surface area contributed by atoms with Gasteiger partial charge in [0.05, 0.1) is 5.41 Å². The highest BCUT2D eigenvalue weighted by atomic mass is 79.9. The quantitative estimate of drug-likeness (QED) is 0.927. The minimum atomic E-state index is -1.04. The average molecular weight is 291 g/mol. The van der Waals surface area contributed by atoms with Crippen molar-refractivity contribution in [2.75, 3.05) is 6.61 Å². The lowest BCUT2D eigenvalue weighted by Crippen LogP contribution is -2.30. The molecule has 0 radical (unpaired) electrons. The van der Waals surface area contributed by atoms with Gasteiger partial charge in [-0.3, -0.25) is 4.79 Å². The van der Waals surface area contributed by atoms with E-state index in [9.17, 15) is 9.18 Å². The van der Waals surface area contributed by atoms with Gasteiger partial charge in [0, 0.05) is 4.47 Å². The van der Waals surface area contributed by atoms with E-state index in [1.807, 2.05) is 0 Å². The molecule has 1 aromatic carbocycles. The van der Waals surface area contributed by atoms with Crippen LogP contribution in [0.4, 0.5) is 4.39 Å². The van der Waals surface area contributed by atoms with Gasteiger partial charge in [0.15, 0.2) is 11.6 Å². The molecule has 0 atom stereocenters. The van der Waals surface area contributed by atoms with Gasteiger partial charge in [-0.25, -0.2) is 4.39 Å². The SMILES string of the molecule is CC(C)(COc1ccc(Br)cc1F)C(=O)O. The Bertz CT molecular complexity index is 404. The van der Waals surface area contributed by atoms with Gasteiger partial charge in [-0.2, -0.15) is 0 Å². The Hall–Kier alpha value is -1.10. The van der Waals surface area contributed by atoms with Crippen LogP contribution in [0.15, 0.2) is 22.7 Å². The van der Waals surface area contributed by atoms with Crippen LogP contribution in [0.5, 0.6) is 5.75 Å². The summed E-state index contributed by atoms with van der Waals surface area (Å²) in [6, 6.07) is 4.35. The number of hydrogen-bond acceptors (Lipinski definition) is 2. The third-order valence-electron chi connectivity index (χ3n) is 2.06. The second-order valence-electron chi connectivity index (χ2n) is 4.05. The van der Waals surface area contributed by atoms with E-state index in [0.29, 0.717) is 4.47 Å². The van der Waals surface area contributed by atoms with E-state index < -0.39 is 17.2 Å². The van der Waals surface area contributed by atoms with Crippen molar-refractivity contribution in [1.82, 2.24) is 0 Å². The molecule has 0 heterocycles. The Morgan fingerprint density at radius 1 is 1.56 bits per heavy atom. The highest BCUT2D eigenvalue weighted by Gasteiger charge is 2.28. The molecule has 0 amide bonds. The van der Waals surface area contributed by atoms with Gasteiger partial charge < -0.3 is 9.84 Å². The number of carboxylic acid groups (broad SMARTS) is 1. The molecule has 0 aliphatic heterocycles. The lowest BCUT2D eigenvalue weighted by atomic mass is 9.95. The normalized spacial score (nSPS) is 11.2. The molecule has 0 saturated heterocycles. The molecule has 1 aromatic rings. The zero-order valence-electron chi connectivity index (χ0n) is 8.96. The predicted molar refractivity (Wildman–Crippen MR) is 61.0 cm³/mol. The number of benzene rings is 1. The topological polar surface area (TPSA) is 46.5 Å². The summed E-state index contributed by atoms with van der Waals surface area (Å²) in [4.78, 5) is 10.8. The maximum absolute atomic E-state index is 13.3. The summed E-state index contributed by atoms with van der Waals surface area (Å²) in [5, 5.41) is 8.85. The number of rotatable bonds is 4. The van der Waals surface area contributed by atoms with Crippen molar-refractivity contribution in [2.24, 2.45) is 5.41 Å². The standard InChI is InChI=1S/C11H12BrFO3/c1-11(2,10(14)15)6-16-9-4-3-7(12)5-8(9)13/h3-5H,6H2,1-2H3,(H,14,15). The molecule has 3 nitrogen and oxygen atoms in total. The predicted octanol–water partition coefficient (Wildman–Crippen LogP) is 3.08. The van der Waals surface area contributed by atoms with Crippen LogP contribution >= 0.6 is 15.9 Å². The fourth-order valence-electron chi connectivity index (χ4n) is 0.912. The summed E-state index contributed by atoms with van der Waals surface area (Å²) in [5.74, 6) is -1.45. The molecule has 1 N–H and O–H groups in total. The fourth-order valence-corrected chi connectivity index (χ4v) is 1.25. The largest absolute Gasteiger partial charge is 0.489 e. The zero-order chi connectivity index (χ0) is 12.3. The summed E-state index contributed by atoms with van der Waals surface area (Å²) in [7, 11) is 0. The molecule has 0 bridgehead atoms. The van der Waals surface area contributed by atoms with Crippen LogP contribution in [-0.4, -0.2) is 17.7 Å². The summed E-state index contributed by atoms with van der Waals surface area (Å²) in [5.41, 5.74) is -1.04. The molecule has 0 aliphatic rings. The van der Waals surface area contributed by atoms with E-state index in [1.165, 1.54) is 26.0 Å². The van der Waals surface area contributed by atoms with E-state index in [2.05, 4.69) is 15.9 Å². The van der Waals surface area contributed by atoms with Crippen LogP contribution in [0.2, 0.25) is 0 Å². The van der Waals surface area contributed by atoms with Crippen LogP contribution in [0, 0.1) is 11.2 Å². The first-order valence-corrected chi connectivity index (χ1v) is 5.43. The van der Waals surface area contributed by atoms with E-state index in [1.54, 1.807) is 6.07 Å². The lowest BCUT2D eigenvalue weighted by Gasteiger charge is -2.19. The maximum atomic E-state index is 13.3. The smallest absolute Gasteiger partial charge is 0.312 e. The van der Waals surface area contributed by atoms with Crippen molar-refractivity contribution in [1.29, 1.82) is 0 Å².